The number of rotatable bonds is 7. The molecule has 1 aromatic carbocycles. The average Bonchev–Trinajstić information content (AvgIpc) is 3.57. The normalized spacial score (nSPS) is 13.2. The molecule has 1 unspecified atom stereocenters. The first-order valence-electron chi connectivity index (χ1n) is 12.5. The van der Waals surface area contributed by atoms with Crippen molar-refractivity contribution in [3.63, 3.8) is 0 Å². The Morgan fingerprint density at radius 1 is 1.00 bits per heavy atom. The summed E-state index contributed by atoms with van der Waals surface area (Å²) in [5.41, 5.74) is 0.718. The van der Waals surface area contributed by atoms with E-state index in [0.29, 0.717) is 21.4 Å². The van der Waals surface area contributed by atoms with Crippen LogP contribution < -0.4 is 5.62 Å². The van der Waals surface area contributed by atoms with Crippen LogP contribution in [0.25, 0.3) is 34.1 Å². The number of imidazole rings is 2. The first-order chi connectivity index (χ1) is 19.3. The molecule has 0 radical (unpaired) electrons. The molecular formula is C26H25F6N9. The number of nitrogens with one attached hydrogen (secondary N) is 1. The lowest BCUT2D eigenvalue weighted by atomic mass is 10.1. The van der Waals surface area contributed by atoms with E-state index in [1.165, 1.54) is 22.4 Å². The Balaban J connectivity index is 1.59. The molecule has 0 saturated carbocycles. The monoisotopic (exact) mass is 577 g/mol. The van der Waals surface area contributed by atoms with E-state index in [2.05, 4.69) is 20.1 Å². The highest BCUT2D eigenvalue weighted by molar-refractivity contribution is 5.74. The van der Waals surface area contributed by atoms with E-state index in [9.17, 15) is 26.3 Å². The van der Waals surface area contributed by atoms with Crippen molar-refractivity contribution in [2.24, 2.45) is 7.05 Å². The predicted molar refractivity (Wildman–Crippen MR) is 137 cm³/mol. The number of benzene rings is 1. The third-order valence-corrected chi connectivity index (χ3v) is 6.60. The second-order valence-corrected chi connectivity index (χ2v) is 9.86. The zero-order chi connectivity index (χ0) is 29.8. The van der Waals surface area contributed by atoms with Gasteiger partial charge in [0.15, 0.2) is 17.2 Å². The number of aromatic nitrogens is 8. The predicted octanol–water partition coefficient (Wildman–Crippen LogP) is 5.67. The summed E-state index contributed by atoms with van der Waals surface area (Å²) in [5.74, 6) is 0.325. The van der Waals surface area contributed by atoms with Crippen molar-refractivity contribution in [2.75, 3.05) is 0 Å². The van der Waals surface area contributed by atoms with Crippen molar-refractivity contribution in [1.29, 1.82) is 5.41 Å². The van der Waals surface area contributed by atoms with Gasteiger partial charge in [0.1, 0.15) is 17.0 Å². The molecule has 4 aromatic heterocycles. The minimum Gasteiger partial charge on any atom is -0.333 e. The largest absolute Gasteiger partial charge is 0.434 e. The lowest BCUT2D eigenvalue weighted by Gasteiger charge is -2.11. The summed E-state index contributed by atoms with van der Waals surface area (Å²) in [6, 6.07) is 6.28. The average molecular weight is 578 g/mol. The number of hydrogen-bond acceptors (Lipinski definition) is 5. The molecule has 0 saturated heterocycles. The van der Waals surface area contributed by atoms with Crippen LogP contribution in [0.15, 0.2) is 42.9 Å². The Bertz CT molecular complexity index is 1770. The van der Waals surface area contributed by atoms with Crippen LogP contribution >= 0.6 is 0 Å². The van der Waals surface area contributed by atoms with Crippen molar-refractivity contribution in [3.05, 3.63) is 65.3 Å². The smallest absolute Gasteiger partial charge is 0.333 e. The molecule has 1 atom stereocenters. The van der Waals surface area contributed by atoms with Crippen LogP contribution in [0.2, 0.25) is 0 Å². The van der Waals surface area contributed by atoms with Crippen LogP contribution in [-0.2, 0) is 19.8 Å². The molecule has 216 valence electrons. The quantitative estimate of drug-likeness (QED) is 0.253. The maximum atomic E-state index is 14.7. The molecule has 5 aromatic rings. The van der Waals surface area contributed by atoms with Gasteiger partial charge in [-0.1, -0.05) is 24.3 Å². The molecule has 41 heavy (non-hydrogen) atoms. The van der Waals surface area contributed by atoms with Gasteiger partial charge in [-0.3, -0.25) is 19.2 Å². The molecule has 1 N–H and O–H groups in total. The number of fused-ring (bicyclic) bond motifs is 1. The number of aryl methyl sites for hydroxylation is 2. The standard InChI is InChI=1S/C26H25F6N9/c1-13(2)41-19(14(3)9-35-41)22-34-10-17-24(37-22)39(25(33)40(17)21(29)20(27)28)11-15-5-7-16(8-6-15)23-36-18(12-38(23)4)26(30,31)32/h5-10,12-13,20-21,33H,11H2,1-4H3. The van der Waals surface area contributed by atoms with Crippen LogP contribution in [-0.4, -0.2) is 44.9 Å². The van der Waals surface area contributed by atoms with Crippen molar-refractivity contribution in [2.45, 2.75) is 52.3 Å². The highest BCUT2D eigenvalue weighted by atomic mass is 19.4. The molecule has 0 aliphatic carbocycles. The summed E-state index contributed by atoms with van der Waals surface area (Å²) in [7, 11) is 1.45. The van der Waals surface area contributed by atoms with Gasteiger partial charge >= 0.3 is 6.18 Å². The SMILES string of the molecule is Cc1cnn(C(C)C)c1-c1ncc2c(n1)n(Cc1ccc(-c3nc(C(F)(F)F)cn3C)cc1)c(=N)n2C(F)C(F)F. The van der Waals surface area contributed by atoms with E-state index in [4.69, 9.17) is 5.41 Å². The van der Waals surface area contributed by atoms with E-state index >= 15 is 0 Å². The van der Waals surface area contributed by atoms with Gasteiger partial charge in [0.25, 0.3) is 6.43 Å². The van der Waals surface area contributed by atoms with Crippen LogP contribution in [0, 0.1) is 12.3 Å². The molecule has 4 heterocycles. The molecule has 0 bridgehead atoms. The van der Waals surface area contributed by atoms with Gasteiger partial charge in [-0.2, -0.15) is 18.3 Å². The van der Waals surface area contributed by atoms with Gasteiger partial charge in [0.05, 0.1) is 18.9 Å². The number of nitrogens with zero attached hydrogens (tertiary/aromatic N) is 8. The second-order valence-electron chi connectivity index (χ2n) is 9.86. The molecule has 0 fully saturated rings. The second kappa shape index (κ2) is 10.2. The third-order valence-electron chi connectivity index (χ3n) is 6.60. The lowest BCUT2D eigenvalue weighted by Crippen LogP contribution is -2.29. The minimum absolute atomic E-state index is 0.0417. The van der Waals surface area contributed by atoms with E-state index in [1.54, 1.807) is 35.1 Å². The van der Waals surface area contributed by atoms with Gasteiger partial charge in [0, 0.05) is 24.8 Å². The summed E-state index contributed by atoms with van der Waals surface area (Å²) in [6.07, 6.45) is -7.05. The van der Waals surface area contributed by atoms with E-state index in [0.717, 1.165) is 11.8 Å². The Morgan fingerprint density at radius 3 is 2.27 bits per heavy atom. The van der Waals surface area contributed by atoms with Crippen molar-refractivity contribution < 1.29 is 26.3 Å². The summed E-state index contributed by atoms with van der Waals surface area (Å²) in [6.45, 7) is 5.59. The summed E-state index contributed by atoms with van der Waals surface area (Å²) < 4.78 is 85.7. The van der Waals surface area contributed by atoms with Crippen LogP contribution in [0.4, 0.5) is 26.3 Å². The van der Waals surface area contributed by atoms with Crippen molar-refractivity contribution >= 4 is 11.2 Å². The molecule has 0 amide bonds. The highest BCUT2D eigenvalue weighted by Crippen LogP contribution is 2.31. The highest BCUT2D eigenvalue weighted by Gasteiger charge is 2.34. The topological polar surface area (TPSA) is 95.1 Å². The first kappa shape index (κ1) is 28.1. The fourth-order valence-electron chi connectivity index (χ4n) is 4.64. The Kier molecular flexibility index (Phi) is 6.99. The lowest BCUT2D eigenvalue weighted by molar-refractivity contribution is -0.140. The Hall–Kier alpha value is -4.43. The molecule has 0 aliphatic rings. The molecular weight excluding hydrogens is 552 g/mol. The molecule has 5 rings (SSSR count). The van der Waals surface area contributed by atoms with Gasteiger partial charge in [-0.25, -0.2) is 28.1 Å². The maximum Gasteiger partial charge on any atom is 0.434 e. The molecule has 9 nitrogen and oxygen atoms in total. The first-order valence-corrected chi connectivity index (χ1v) is 12.5. The molecule has 0 spiro atoms. The van der Waals surface area contributed by atoms with Crippen LogP contribution in [0.1, 0.15) is 43.0 Å². The van der Waals surface area contributed by atoms with Gasteiger partial charge in [-0.15, -0.1) is 0 Å². The van der Waals surface area contributed by atoms with Crippen LogP contribution in [0.5, 0.6) is 0 Å². The zero-order valence-electron chi connectivity index (χ0n) is 22.3. The number of halogens is 6. The minimum atomic E-state index is -4.59. The van der Waals surface area contributed by atoms with Crippen molar-refractivity contribution in [3.8, 4) is 22.9 Å². The van der Waals surface area contributed by atoms with E-state index in [1.807, 2.05) is 20.8 Å². The van der Waals surface area contributed by atoms with Crippen molar-refractivity contribution in [1.82, 2.24) is 38.4 Å². The summed E-state index contributed by atoms with van der Waals surface area (Å²) in [4.78, 5) is 12.5. The molecule has 15 heteroatoms. The van der Waals surface area contributed by atoms with Crippen LogP contribution in [0.3, 0.4) is 0 Å². The number of alkyl halides is 6. The molecule has 0 aliphatic heterocycles. The van der Waals surface area contributed by atoms with Gasteiger partial charge in [0.2, 0.25) is 11.9 Å². The summed E-state index contributed by atoms with van der Waals surface area (Å²) >= 11 is 0. The van der Waals surface area contributed by atoms with E-state index in [-0.39, 0.29) is 35.4 Å². The van der Waals surface area contributed by atoms with E-state index < -0.39 is 30.2 Å². The Labute approximate surface area is 229 Å². The maximum absolute atomic E-state index is 14.7. The third kappa shape index (κ3) is 5.00. The fourth-order valence-corrected chi connectivity index (χ4v) is 4.64. The van der Waals surface area contributed by atoms with Gasteiger partial charge < -0.3 is 4.57 Å². The zero-order valence-corrected chi connectivity index (χ0v) is 22.3. The fraction of sp³-hybridized carbons (Fsp3) is 0.346. The Morgan fingerprint density at radius 2 is 1.68 bits per heavy atom. The number of hydrogen-bond donors (Lipinski definition) is 1. The van der Waals surface area contributed by atoms with Gasteiger partial charge in [-0.05, 0) is 31.9 Å². The summed E-state index contributed by atoms with van der Waals surface area (Å²) in [5, 5.41) is 12.9.